The van der Waals surface area contributed by atoms with Crippen LogP contribution in [0.3, 0.4) is 0 Å². The Morgan fingerprint density at radius 1 is 1.11 bits per heavy atom. The fraction of sp³-hybridized carbons (Fsp3) is 0.250. The van der Waals surface area contributed by atoms with E-state index in [0.29, 0.717) is 17.4 Å². The van der Waals surface area contributed by atoms with Crippen molar-refractivity contribution in [1.82, 2.24) is 4.57 Å². The van der Waals surface area contributed by atoms with E-state index in [0.717, 1.165) is 18.4 Å². The molecule has 0 amide bonds. The summed E-state index contributed by atoms with van der Waals surface area (Å²) in [5.41, 5.74) is 2.52. The molecule has 1 heterocycles. The Morgan fingerprint density at radius 3 is 2.39 bits per heavy atom. The van der Waals surface area contributed by atoms with Crippen molar-refractivity contribution in [3.05, 3.63) is 65.9 Å². The molecule has 1 atom stereocenters. The van der Waals surface area contributed by atoms with E-state index in [-0.39, 0.29) is 5.75 Å². The summed E-state index contributed by atoms with van der Waals surface area (Å²) in [4.78, 5) is 7.40. The van der Waals surface area contributed by atoms with Gasteiger partial charge in [-0.3, -0.25) is 0 Å². The van der Waals surface area contributed by atoms with Crippen LogP contribution in [0.4, 0.5) is 13.2 Å². The smallest absolute Gasteiger partial charge is 0.419 e. The molecular formula is C20H17BrF3NO3. The SMILES string of the molecule is COC(=O)C(F)(Oc1cccc2c1cc(C)n2Cc1ccccc1)C(F)(F)Br. The highest BCUT2D eigenvalue weighted by Crippen LogP contribution is 2.42. The van der Waals surface area contributed by atoms with Gasteiger partial charge in [0.25, 0.3) is 0 Å². The molecule has 2 aromatic carbocycles. The molecule has 3 rings (SSSR count). The number of methoxy groups -OCH3 is 1. The maximum Gasteiger partial charge on any atom is 0.419 e. The lowest BCUT2D eigenvalue weighted by atomic mass is 10.2. The third-order valence-electron chi connectivity index (χ3n) is 4.36. The van der Waals surface area contributed by atoms with Crippen molar-refractivity contribution >= 4 is 32.8 Å². The highest BCUT2D eigenvalue weighted by atomic mass is 79.9. The van der Waals surface area contributed by atoms with E-state index >= 15 is 0 Å². The van der Waals surface area contributed by atoms with E-state index in [2.05, 4.69) is 4.74 Å². The lowest BCUT2D eigenvalue weighted by molar-refractivity contribution is -0.213. The molecule has 3 aromatic rings. The lowest BCUT2D eigenvalue weighted by Gasteiger charge is -2.27. The van der Waals surface area contributed by atoms with E-state index in [9.17, 15) is 18.0 Å². The predicted molar refractivity (Wildman–Crippen MR) is 103 cm³/mol. The summed E-state index contributed by atoms with van der Waals surface area (Å²) in [5.74, 6) is -6.06. The zero-order valence-electron chi connectivity index (χ0n) is 15.1. The summed E-state index contributed by atoms with van der Waals surface area (Å²) in [7, 11) is 0.805. The Balaban J connectivity index is 2.06. The van der Waals surface area contributed by atoms with Gasteiger partial charge in [0.05, 0.1) is 12.6 Å². The average Bonchev–Trinajstić information content (AvgIpc) is 2.97. The van der Waals surface area contributed by atoms with E-state index in [4.69, 9.17) is 4.74 Å². The summed E-state index contributed by atoms with van der Waals surface area (Å²) >= 11 is 1.89. The van der Waals surface area contributed by atoms with Crippen LogP contribution in [-0.4, -0.2) is 28.3 Å². The van der Waals surface area contributed by atoms with Gasteiger partial charge in [0, 0.05) is 17.6 Å². The number of carbonyl (C=O) groups excluding carboxylic acids is 1. The van der Waals surface area contributed by atoms with Gasteiger partial charge in [0.15, 0.2) is 0 Å². The number of esters is 1. The van der Waals surface area contributed by atoms with Gasteiger partial charge in [-0.2, -0.15) is 13.2 Å². The zero-order chi connectivity index (χ0) is 20.5. The number of fused-ring (bicyclic) bond motifs is 1. The molecule has 0 N–H and O–H groups in total. The Bertz CT molecular complexity index is 1000. The molecule has 28 heavy (non-hydrogen) atoms. The van der Waals surface area contributed by atoms with Gasteiger partial charge < -0.3 is 14.0 Å². The zero-order valence-corrected chi connectivity index (χ0v) is 16.7. The second kappa shape index (κ2) is 7.50. The molecule has 0 bridgehead atoms. The molecule has 0 fully saturated rings. The van der Waals surface area contributed by atoms with Crippen LogP contribution in [0.15, 0.2) is 54.6 Å². The van der Waals surface area contributed by atoms with E-state index in [1.165, 1.54) is 6.07 Å². The van der Waals surface area contributed by atoms with Gasteiger partial charge in [0.2, 0.25) is 0 Å². The molecule has 8 heteroatoms. The van der Waals surface area contributed by atoms with Crippen molar-refractivity contribution in [3.8, 4) is 5.75 Å². The minimum atomic E-state index is -4.29. The number of rotatable bonds is 6. The minimum absolute atomic E-state index is 0.195. The summed E-state index contributed by atoms with van der Waals surface area (Å²) in [6.07, 6.45) is 0. The standard InChI is InChI=1S/C20H17BrF3NO3/c1-13-11-15-16(25(13)12-14-7-4-3-5-8-14)9-6-10-17(15)28-19(22,18(26)27-2)20(21,23)24/h3-11H,12H2,1-2H3. The van der Waals surface area contributed by atoms with Crippen LogP contribution in [0.2, 0.25) is 0 Å². The Labute approximate surface area is 168 Å². The molecular weight excluding hydrogens is 439 g/mol. The molecule has 0 aliphatic heterocycles. The number of nitrogens with zero attached hydrogens (tertiary/aromatic N) is 1. The third kappa shape index (κ3) is 3.61. The quantitative estimate of drug-likeness (QED) is 0.378. The number of aryl methyl sites for hydroxylation is 1. The van der Waals surface area contributed by atoms with Crippen molar-refractivity contribution in [2.24, 2.45) is 0 Å². The molecule has 0 aliphatic carbocycles. The largest absolute Gasteiger partial charge is 0.464 e. The first-order valence-electron chi connectivity index (χ1n) is 8.33. The Morgan fingerprint density at radius 2 is 1.79 bits per heavy atom. The van der Waals surface area contributed by atoms with E-state index in [1.807, 2.05) is 57.8 Å². The number of aromatic nitrogens is 1. The monoisotopic (exact) mass is 455 g/mol. The summed E-state index contributed by atoms with van der Waals surface area (Å²) in [6.45, 7) is 2.38. The normalized spacial score (nSPS) is 13.9. The first-order valence-corrected chi connectivity index (χ1v) is 9.12. The van der Waals surface area contributed by atoms with Gasteiger partial charge in [-0.25, -0.2) is 4.79 Å². The molecule has 0 saturated carbocycles. The Kier molecular flexibility index (Phi) is 5.43. The molecule has 4 nitrogen and oxygen atoms in total. The van der Waals surface area contributed by atoms with E-state index < -0.39 is 16.7 Å². The second-order valence-electron chi connectivity index (χ2n) is 6.23. The topological polar surface area (TPSA) is 40.5 Å². The van der Waals surface area contributed by atoms with Crippen LogP contribution in [0.25, 0.3) is 10.9 Å². The lowest BCUT2D eigenvalue weighted by Crippen LogP contribution is -2.52. The highest BCUT2D eigenvalue weighted by Gasteiger charge is 2.63. The molecule has 0 saturated heterocycles. The molecule has 0 spiro atoms. The first kappa shape index (κ1) is 20.3. The summed E-state index contributed by atoms with van der Waals surface area (Å²) in [5, 5.41) is 0.401. The minimum Gasteiger partial charge on any atom is -0.464 e. The number of hydrogen-bond donors (Lipinski definition) is 0. The maximum atomic E-state index is 14.9. The predicted octanol–water partition coefficient (Wildman–Crippen LogP) is 5.20. The van der Waals surface area contributed by atoms with Crippen LogP contribution in [0.1, 0.15) is 11.3 Å². The number of carbonyl (C=O) groups is 1. The fourth-order valence-corrected chi connectivity index (χ4v) is 3.20. The van der Waals surface area contributed by atoms with Crippen molar-refractivity contribution in [3.63, 3.8) is 0 Å². The molecule has 148 valence electrons. The number of hydrogen-bond acceptors (Lipinski definition) is 3. The third-order valence-corrected chi connectivity index (χ3v) is 4.87. The van der Waals surface area contributed by atoms with Crippen LogP contribution < -0.4 is 4.74 Å². The fourth-order valence-electron chi connectivity index (χ4n) is 2.95. The molecule has 0 aliphatic rings. The van der Waals surface area contributed by atoms with Crippen LogP contribution in [0.5, 0.6) is 5.75 Å². The van der Waals surface area contributed by atoms with Crippen molar-refractivity contribution in [2.75, 3.05) is 7.11 Å². The van der Waals surface area contributed by atoms with Crippen molar-refractivity contribution in [1.29, 1.82) is 0 Å². The van der Waals surface area contributed by atoms with Gasteiger partial charge >= 0.3 is 16.7 Å². The Hall–Kier alpha value is -2.48. The molecule has 1 aromatic heterocycles. The van der Waals surface area contributed by atoms with E-state index in [1.54, 1.807) is 18.2 Å². The number of benzene rings is 2. The van der Waals surface area contributed by atoms with Crippen molar-refractivity contribution < 1.29 is 27.4 Å². The average molecular weight is 456 g/mol. The number of ether oxygens (including phenoxy) is 2. The summed E-state index contributed by atoms with van der Waals surface area (Å²) in [6, 6.07) is 16.0. The number of alkyl halides is 4. The number of halogens is 4. The second-order valence-corrected chi connectivity index (χ2v) is 7.23. The van der Waals surface area contributed by atoms with Gasteiger partial charge in [-0.1, -0.05) is 36.4 Å². The first-order chi connectivity index (χ1) is 13.2. The van der Waals surface area contributed by atoms with Gasteiger partial charge in [-0.05, 0) is 46.6 Å². The van der Waals surface area contributed by atoms with Crippen LogP contribution in [-0.2, 0) is 16.1 Å². The molecule has 1 unspecified atom stereocenters. The maximum absolute atomic E-state index is 14.9. The molecule has 0 radical (unpaired) electrons. The van der Waals surface area contributed by atoms with Gasteiger partial charge in [0.1, 0.15) is 5.75 Å². The van der Waals surface area contributed by atoms with Crippen molar-refractivity contribution in [2.45, 2.75) is 24.2 Å². The van der Waals surface area contributed by atoms with Crippen LogP contribution in [0, 0.1) is 6.92 Å². The van der Waals surface area contributed by atoms with Gasteiger partial charge in [-0.15, -0.1) is 0 Å². The highest BCUT2D eigenvalue weighted by molar-refractivity contribution is 9.10. The summed E-state index contributed by atoms with van der Waals surface area (Å²) < 4.78 is 53.4. The van der Waals surface area contributed by atoms with Crippen LogP contribution >= 0.6 is 15.9 Å².